The van der Waals surface area contributed by atoms with Crippen LogP contribution < -0.4 is 5.32 Å². The van der Waals surface area contributed by atoms with Gasteiger partial charge in [-0.3, -0.25) is 4.79 Å². The van der Waals surface area contributed by atoms with Crippen molar-refractivity contribution in [1.29, 1.82) is 0 Å². The third-order valence-electron chi connectivity index (χ3n) is 4.14. The van der Waals surface area contributed by atoms with Gasteiger partial charge in [0, 0.05) is 12.3 Å². The van der Waals surface area contributed by atoms with Crippen LogP contribution in [0.4, 0.5) is 4.39 Å². The Morgan fingerprint density at radius 2 is 1.52 bits per heavy atom. The van der Waals surface area contributed by atoms with Gasteiger partial charge in [-0.2, -0.15) is 0 Å². The monoisotopic (exact) mass is 371 g/mol. The molecule has 0 aromatic heterocycles. The fourth-order valence-electron chi connectivity index (χ4n) is 2.74. The number of halogens is 1. The van der Waals surface area contributed by atoms with E-state index >= 15 is 0 Å². The highest BCUT2D eigenvalue weighted by Gasteiger charge is 2.26. The zero-order chi connectivity index (χ0) is 19.8. The van der Waals surface area contributed by atoms with E-state index in [9.17, 15) is 14.0 Å². The molecule has 0 saturated heterocycles. The molecule has 4 nitrogen and oxygen atoms in total. The molecular weight excluding hydrogens is 345 g/mol. The Morgan fingerprint density at radius 1 is 0.926 bits per heavy atom. The first-order valence-corrected chi connectivity index (χ1v) is 9.14. The number of esters is 1. The van der Waals surface area contributed by atoms with Crippen molar-refractivity contribution in [2.45, 2.75) is 45.8 Å². The SMILES string of the molecule is CC(C)OC(=O)[C@H](Cc1ccc(F)cc1)NC(=O)[C@H](C)Cc1ccccc1. The molecule has 0 aliphatic heterocycles. The maximum Gasteiger partial charge on any atom is 0.329 e. The number of nitrogens with one attached hydrogen (secondary N) is 1. The third-order valence-corrected chi connectivity index (χ3v) is 4.14. The van der Waals surface area contributed by atoms with Crippen LogP contribution in [0, 0.1) is 11.7 Å². The second kappa shape index (κ2) is 9.86. The van der Waals surface area contributed by atoms with Gasteiger partial charge in [-0.25, -0.2) is 9.18 Å². The van der Waals surface area contributed by atoms with Gasteiger partial charge < -0.3 is 10.1 Å². The summed E-state index contributed by atoms with van der Waals surface area (Å²) in [7, 11) is 0. The molecule has 5 heteroatoms. The molecule has 1 N–H and O–H groups in total. The van der Waals surface area contributed by atoms with Crippen molar-refractivity contribution in [3.8, 4) is 0 Å². The highest BCUT2D eigenvalue weighted by molar-refractivity contribution is 5.86. The van der Waals surface area contributed by atoms with Gasteiger partial charge in [-0.15, -0.1) is 0 Å². The minimum atomic E-state index is -0.816. The average molecular weight is 371 g/mol. The molecule has 0 aliphatic carbocycles. The van der Waals surface area contributed by atoms with Crippen LogP contribution in [0.5, 0.6) is 0 Å². The van der Waals surface area contributed by atoms with Crippen LogP contribution in [0.3, 0.4) is 0 Å². The lowest BCUT2D eigenvalue weighted by Crippen LogP contribution is -2.46. The normalized spacial score (nSPS) is 13.1. The highest BCUT2D eigenvalue weighted by Crippen LogP contribution is 2.11. The Morgan fingerprint density at radius 3 is 2.11 bits per heavy atom. The standard InChI is InChI=1S/C22H26FNO3/c1-15(2)27-22(26)20(14-18-9-11-19(23)12-10-18)24-21(25)16(3)13-17-7-5-4-6-8-17/h4-12,15-16,20H,13-14H2,1-3H3,(H,24,25)/t16-,20+/m1/s1. The van der Waals surface area contributed by atoms with Gasteiger partial charge in [-0.05, 0) is 43.5 Å². The van der Waals surface area contributed by atoms with Crippen molar-refractivity contribution in [3.63, 3.8) is 0 Å². The lowest BCUT2D eigenvalue weighted by atomic mass is 9.99. The second-order valence-electron chi connectivity index (χ2n) is 6.97. The quantitative estimate of drug-likeness (QED) is 0.720. The summed E-state index contributed by atoms with van der Waals surface area (Å²) in [6.07, 6.45) is 0.539. The molecule has 2 atom stereocenters. The molecule has 0 radical (unpaired) electrons. The summed E-state index contributed by atoms with van der Waals surface area (Å²) in [6, 6.07) is 14.8. The largest absolute Gasteiger partial charge is 0.461 e. The average Bonchev–Trinajstić information content (AvgIpc) is 2.63. The maximum absolute atomic E-state index is 13.1. The molecule has 27 heavy (non-hydrogen) atoms. The molecule has 2 aromatic carbocycles. The van der Waals surface area contributed by atoms with Crippen LogP contribution in [0.1, 0.15) is 31.9 Å². The van der Waals surface area contributed by atoms with Crippen LogP contribution >= 0.6 is 0 Å². The van der Waals surface area contributed by atoms with E-state index in [4.69, 9.17) is 4.74 Å². The van der Waals surface area contributed by atoms with E-state index in [0.717, 1.165) is 11.1 Å². The molecular formula is C22H26FNO3. The van der Waals surface area contributed by atoms with E-state index in [1.165, 1.54) is 12.1 Å². The van der Waals surface area contributed by atoms with Crippen molar-refractivity contribution in [2.24, 2.45) is 5.92 Å². The van der Waals surface area contributed by atoms with Crippen molar-refractivity contribution in [1.82, 2.24) is 5.32 Å². The molecule has 0 spiro atoms. The Bertz CT molecular complexity index is 744. The summed E-state index contributed by atoms with van der Waals surface area (Å²) in [5.74, 6) is -1.35. The summed E-state index contributed by atoms with van der Waals surface area (Å²) in [5.41, 5.74) is 1.80. The van der Waals surface area contributed by atoms with Gasteiger partial charge in [0.15, 0.2) is 0 Å². The van der Waals surface area contributed by atoms with Crippen molar-refractivity contribution in [3.05, 3.63) is 71.5 Å². The summed E-state index contributed by atoms with van der Waals surface area (Å²) in [5, 5.41) is 2.80. The van der Waals surface area contributed by atoms with Gasteiger partial charge in [0.25, 0.3) is 0 Å². The molecule has 0 saturated carbocycles. The third kappa shape index (κ3) is 6.85. The molecule has 2 rings (SSSR count). The number of carbonyl (C=O) groups is 2. The minimum absolute atomic E-state index is 0.216. The molecule has 0 unspecified atom stereocenters. The first-order valence-electron chi connectivity index (χ1n) is 9.14. The lowest BCUT2D eigenvalue weighted by Gasteiger charge is -2.21. The zero-order valence-corrected chi connectivity index (χ0v) is 15.9. The highest BCUT2D eigenvalue weighted by atomic mass is 19.1. The maximum atomic E-state index is 13.1. The molecule has 0 fully saturated rings. The summed E-state index contributed by atoms with van der Waals surface area (Å²) < 4.78 is 18.4. The number of hydrogen-bond acceptors (Lipinski definition) is 3. The molecule has 1 amide bonds. The molecule has 0 aliphatic rings. The first kappa shape index (κ1) is 20.6. The van der Waals surface area contributed by atoms with Gasteiger partial charge in [0.1, 0.15) is 11.9 Å². The number of hydrogen-bond donors (Lipinski definition) is 1. The fourth-order valence-corrected chi connectivity index (χ4v) is 2.74. The lowest BCUT2D eigenvalue weighted by molar-refractivity contribution is -0.151. The number of benzene rings is 2. The van der Waals surface area contributed by atoms with E-state index in [1.807, 2.05) is 37.3 Å². The van der Waals surface area contributed by atoms with E-state index in [2.05, 4.69) is 5.32 Å². The Labute approximate surface area is 159 Å². The van der Waals surface area contributed by atoms with Crippen LogP contribution in [-0.2, 0) is 27.2 Å². The number of amides is 1. The van der Waals surface area contributed by atoms with E-state index in [1.54, 1.807) is 26.0 Å². The van der Waals surface area contributed by atoms with Crippen molar-refractivity contribution < 1.29 is 18.7 Å². The van der Waals surface area contributed by atoms with Crippen LogP contribution in [-0.4, -0.2) is 24.0 Å². The summed E-state index contributed by atoms with van der Waals surface area (Å²) >= 11 is 0. The number of ether oxygens (including phenoxy) is 1. The zero-order valence-electron chi connectivity index (χ0n) is 15.9. The molecule has 144 valence electrons. The van der Waals surface area contributed by atoms with E-state index in [-0.39, 0.29) is 30.2 Å². The van der Waals surface area contributed by atoms with Crippen molar-refractivity contribution >= 4 is 11.9 Å². The fraction of sp³-hybridized carbons (Fsp3) is 0.364. The number of rotatable bonds is 8. The van der Waals surface area contributed by atoms with Gasteiger partial charge in [0.05, 0.1) is 6.10 Å². The van der Waals surface area contributed by atoms with E-state index < -0.39 is 12.0 Å². The van der Waals surface area contributed by atoms with Crippen LogP contribution in [0.2, 0.25) is 0 Å². The molecule has 2 aromatic rings. The van der Waals surface area contributed by atoms with Crippen molar-refractivity contribution in [2.75, 3.05) is 0 Å². The Hall–Kier alpha value is -2.69. The molecule has 0 bridgehead atoms. The number of carbonyl (C=O) groups excluding carboxylic acids is 2. The summed E-state index contributed by atoms with van der Waals surface area (Å²) in [4.78, 5) is 25.0. The van der Waals surface area contributed by atoms with Crippen LogP contribution in [0.15, 0.2) is 54.6 Å². The predicted molar refractivity (Wildman–Crippen MR) is 103 cm³/mol. The van der Waals surface area contributed by atoms with Gasteiger partial charge >= 0.3 is 5.97 Å². The Balaban J connectivity index is 2.06. The molecule has 0 heterocycles. The minimum Gasteiger partial charge on any atom is -0.461 e. The topological polar surface area (TPSA) is 55.4 Å². The smallest absolute Gasteiger partial charge is 0.329 e. The second-order valence-corrected chi connectivity index (χ2v) is 6.97. The van der Waals surface area contributed by atoms with Gasteiger partial charge in [0.2, 0.25) is 5.91 Å². The predicted octanol–water partition coefficient (Wildman–Crippen LogP) is 3.68. The Kier molecular flexibility index (Phi) is 7.53. The van der Waals surface area contributed by atoms with Crippen LogP contribution in [0.25, 0.3) is 0 Å². The summed E-state index contributed by atoms with van der Waals surface area (Å²) in [6.45, 7) is 5.34. The van der Waals surface area contributed by atoms with Gasteiger partial charge in [-0.1, -0.05) is 49.4 Å². The van der Waals surface area contributed by atoms with E-state index in [0.29, 0.717) is 6.42 Å². The first-order chi connectivity index (χ1) is 12.8.